The standard InChI is InChI=1S/C24H12/c1-3-13-7-8-17-12-16-10-9-15-11-14-4-2-6-19-18(5-1)21(13)23(17)24(20(15)16)22(14)19/h1-12H. The van der Waals surface area contributed by atoms with Crippen LogP contribution in [0.5, 0.6) is 0 Å². The Morgan fingerprint density at radius 2 is 1.00 bits per heavy atom. The summed E-state index contributed by atoms with van der Waals surface area (Å²) in [7, 11) is 0. The Balaban J connectivity index is 2.06. The molecule has 1 aliphatic rings. The molecular weight excluding hydrogens is 288 g/mol. The van der Waals surface area contributed by atoms with Crippen LogP contribution in [0.4, 0.5) is 0 Å². The summed E-state index contributed by atoms with van der Waals surface area (Å²) in [5, 5.41) is 14.0. The lowest BCUT2D eigenvalue weighted by Gasteiger charge is -2.19. The lowest BCUT2D eigenvalue weighted by Crippen LogP contribution is -1.91. The first-order valence-corrected chi connectivity index (χ1v) is 8.46. The van der Waals surface area contributed by atoms with Crippen LogP contribution in [-0.2, 0) is 0 Å². The average Bonchev–Trinajstić information content (AvgIpc) is 3.03. The second-order valence-corrected chi connectivity index (χ2v) is 6.99. The van der Waals surface area contributed by atoms with E-state index >= 15 is 0 Å². The fourth-order valence-electron chi connectivity index (χ4n) is 4.96. The van der Waals surface area contributed by atoms with Crippen molar-refractivity contribution in [3.05, 3.63) is 71.8 Å². The average molecular weight is 300 g/mol. The quantitative estimate of drug-likeness (QED) is 0.213. The smallest absolute Gasteiger partial charge is 0.000204 e. The highest BCUT2D eigenvalue weighted by molar-refractivity contribution is 6.41. The van der Waals surface area contributed by atoms with E-state index in [0.717, 1.165) is 0 Å². The number of hydrogen-bond donors (Lipinski definition) is 0. The van der Waals surface area contributed by atoms with E-state index in [9.17, 15) is 0 Å². The summed E-state index contributed by atoms with van der Waals surface area (Å²) < 4.78 is 0. The highest BCUT2D eigenvalue weighted by atomic mass is 14.2. The van der Waals surface area contributed by atoms with Crippen LogP contribution in [0.15, 0.2) is 60.7 Å². The Labute approximate surface area is 138 Å². The second kappa shape index (κ2) is 3.52. The van der Waals surface area contributed by atoms with E-state index in [-0.39, 0.29) is 0 Å². The number of fused-ring (bicyclic) bond motifs is 1. The van der Waals surface area contributed by atoms with Crippen LogP contribution < -0.4 is 0 Å². The van der Waals surface area contributed by atoms with E-state index in [4.69, 9.17) is 0 Å². The van der Waals surface area contributed by atoms with E-state index in [1.807, 2.05) is 0 Å². The molecule has 0 unspecified atom stereocenters. The van der Waals surface area contributed by atoms with E-state index in [2.05, 4.69) is 72.8 Å². The Morgan fingerprint density at radius 3 is 1.75 bits per heavy atom. The molecule has 7 rings (SSSR count). The van der Waals surface area contributed by atoms with Gasteiger partial charge in [-0.05, 0) is 77.1 Å². The fraction of sp³-hybridized carbons (Fsp3) is 0. The molecule has 6 aromatic rings. The van der Waals surface area contributed by atoms with Gasteiger partial charge in [0.25, 0.3) is 0 Å². The molecule has 0 bridgehead atoms. The summed E-state index contributed by atoms with van der Waals surface area (Å²) in [5.41, 5.74) is 2.73. The van der Waals surface area contributed by atoms with Gasteiger partial charge in [-0.1, -0.05) is 60.7 Å². The summed E-state index contributed by atoms with van der Waals surface area (Å²) in [4.78, 5) is 0. The van der Waals surface area contributed by atoms with Crippen molar-refractivity contribution in [1.82, 2.24) is 0 Å². The third kappa shape index (κ3) is 1.08. The molecule has 0 heteroatoms. The van der Waals surface area contributed by atoms with Gasteiger partial charge in [0, 0.05) is 0 Å². The van der Waals surface area contributed by atoms with Crippen LogP contribution in [0.3, 0.4) is 0 Å². The predicted octanol–water partition coefficient (Wildman–Crippen LogP) is 6.81. The maximum atomic E-state index is 2.36. The molecule has 0 radical (unpaired) electrons. The number of benzene rings is 6. The van der Waals surface area contributed by atoms with Crippen LogP contribution >= 0.6 is 0 Å². The van der Waals surface area contributed by atoms with Crippen LogP contribution in [0.1, 0.15) is 11.1 Å². The van der Waals surface area contributed by atoms with Gasteiger partial charge in [-0.2, -0.15) is 0 Å². The summed E-state index contributed by atoms with van der Waals surface area (Å²) >= 11 is 0. The van der Waals surface area contributed by atoms with Crippen LogP contribution in [0, 0.1) is 0 Å². The predicted molar refractivity (Wildman–Crippen MR) is 105 cm³/mol. The summed E-state index contributed by atoms with van der Waals surface area (Å²) in [6.45, 7) is 0. The first-order chi connectivity index (χ1) is 11.9. The summed E-state index contributed by atoms with van der Waals surface area (Å²) in [6.07, 6.45) is 4.54. The molecule has 0 saturated carbocycles. The highest BCUT2D eigenvalue weighted by Crippen LogP contribution is 2.48. The monoisotopic (exact) mass is 300 g/mol. The molecule has 0 spiro atoms. The molecule has 6 aromatic carbocycles. The van der Waals surface area contributed by atoms with E-state index in [1.54, 1.807) is 0 Å². The molecule has 0 saturated heterocycles. The molecule has 0 fully saturated rings. The van der Waals surface area contributed by atoms with Crippen molar-refractivity contribution in [2.45, 2.75) is 0 Å². The largest absolute Gasteiger partial charge is 0.0610 e. The zero-order chi connectivity index (χ0) is 15.4. The van der Waals surface area contributed by atoms with Crippen LogP contribution in [-0.4, -0.2) is 0 Å². The zero-order valence-corrected chi connectivity index (χ0v) is 12.9. The Morgan fingerprint density at radius 1 is 0.417 bits per heavy atom. The minimum absolute atomic E-state index is 1.34. The zero-order valence-electron chi connectivity index (χ0n) is 12.9. The van der Waals surface area contributed by atoms with Crippen molar-refractivity contribution in [3.63, 3.8) is 0 Å². The van der Waals surface area contributed by atoms with Gasteiger partial charge in [-0.15, -0.1) is 0 Å². The lowest BCUT2D eigenvalue weighted by atomic mass is 9.84. The van der Waals surface area contributed by atoms with Gasteiger partial charge in [0.1, 0.15) is 0 Å². The van der Waals surface area contributed by atoms with E-state index < -0.39 is 0 Å². The SMILES string of the molecule is C1=Cc2cc3ccc4cccc5c6cccc7cc1c2c(c76)c3c45. The van der Waals surface area contributed by atoms with E-state index in [0.29, 0.717) is 0 Å². The third-order valence-corrected chi connectivity index (χ3v) is 5.86. The third-order valence-electron chi connectivity index (χ3n) is 5.86. The van der Waals surface area contributed by atoms with Gasteiger partial charge in [-0.3, -0.25) is 0 Å². The topological polar surface area (TPSA) is 0 Å². The lowest BCUT2D eigenvalue weighted by molar-refractivity contribution is 1.77. The highest BCUT2D eigenvalue weighted by Gasteiger charge is 2.21. The van der Waals surface area contributed by atoms with Crippen LogP contribution in [0.2, 0.25) is 0 Å². The molecule has 108 valence electrons. The molecule has 0 N–H and O–H groups in total. The fourth-order valence-corrected chi connectivity index (χ4v) is 4.96. The van der Waals surface area contributed by atoms with Gasteiger partial charge in [0.2, 0.25) is 0 Å². The maximum absolute atomic E-state index is 2.36. The second-order valence-electron chi connectivity index (χ2n) is 6.99. The Bertz CT molecular complexity index is 1470. The molecular formula is C24H12. The van der Waals surface area contributed by atoms with Gasteiger partial charge in [-0.25, -0.2) is 0 Å². The number of rotatable bonds is 0. The van der Waals surface area contributed by atoms with Crippen molar-refractivity contribution < 1.29 is 0 Å². The van der Waals surface area contributed by atoms with Crippen molar-refractivity contribution in [2.24, 2.45) is 0 Å². The molecule has 0 aromatic heterocycles. The van der Waals surface area contributed by atoms with Crippen molar-refractivity contribution in [1.29, 1.82) is 0 Å². The van der Waals surface area contributed by atoms with Crippen molar-refractivity contribution in [3.8, 4) is 0 Å². The van der Waals surface area contributed by atoms with Gasteiger partial charge in [0.15, 0.2) is 0 Å². The van der Waals surface area contributed by atoms with E-state index in [1.165, 1.54) is 65.0 Å². The normalized spacial score (nSPS) is 13.7. The molecule has 0 atom stereocenters. The first-order valence-electron chi connectivity index (χ1n) is 8.46. The van der Waals surface area contributed by atoms with Crippen molar-refractivity contribution >= 4 is 66.0 Å². The minimum atomic E-state index is 1.34. The Kier molecular flexibility index (Phi) is 1.67. The molecule has 0 nitrogen and oxygen atoms in total. The first kappa shape index (κ1) is 11.4. The van der Waals surface area contributed by atoms with Gasteiger partial charge < -0.3 is 0 Å². The maximum Gasteiger partial charge on any atom is -0.000204 e. The molecule has 0 amide bonds. The summed E-state index contributed by atoms with van der Waals surface area (Å²) in [6, 6.07) is 22.7. The van der Waals surface area contributed by atoms with Crippen molar-refractivity contribution in [2.75, 3.05) is 0 Å². The molecule has 24 heavy (non-hydrogen) atoms. The molecule has 0 aliphatic heterocycles. The Hall–Kier alpha value is -3.12. The molecule has 1 aliphatic carbocycles. The van der Waals surface area contributed by atoms with Gasteiger partial charge in [0.05, 0.1) is 0 Å². The number of hydrogen-bond acceptors (Lipinski definition) is 0. The minimum Gasteiger partial charge on any atom is -0.0610 e. The summed E-state index contributed by atoms with van der Waals surface area (Å²) in [5.74, 6) is 0. The molecule has 0 heterocycles. The van der Waals surface area contributed by atoms with Crippen LogP contribution in [0.25, 0.3) is 66.0 Å². The van der Waals surface area contributed by atoms with Gasteiger partial charge >= 0.3 is 0 Å².